The Hall–Kier alpha value is -1.98. The lowest BCUT2D eigenvalue weighted by Gasteiger charge is -2.24. The van der Waals surface area contributed by atoms with Crippen LogP contribution in [-0.4, -0.2) is 35.7 Å². The molecule has 2 atom stereocenters. The Labute approximate surface area is 152 Å². The Balaban J connectivity index is 1.43. The van der Waals surface area contributed by atoms with Crippen LogP contribution in [0.4, 0.5) is 0 Å². The van der Waals surface area contributed by atoms with Gasteiger partial charge in [0.15, 0.2) is 5.78 Å². The Kier molecular flexibility index (Phi) is 6.00. The van der Waals surface area contributed by atoms with Crippen molar-refractivity contribution in [3.63, 3.8) is 0 Å². The second-order valence-electron chi connectivity index (χ2n) is 6.54. The molecule has 1 amide bonds. The Morgan fingerprint density at radius 3 is 2.72 bits per heavy atom. The summed E-state index contributed by atoms with van der Waals surface area (Å²) in [5.41, 5.74) is 1.30. The number of rotatable bonds is 7. The summed E-state index contributed by atoms with van der Waals surface area (Å²) in [6, 6.07) is 14.6. The number of ketones is 1. The molecule has 1 aliphatic rings. The molecule has 2 aromatic rings. The number of Topliss-reactive ketones (excluding diaryl/α,β-unsaturated/α-hetero) is 1. The largest absolute Gasteiger partial charge is 0.352 e. The molecule has 1 aliphatic heterocycles. The minimum absolute atomic E-state index is 0.0240. The molecule has 1 aromatic heterocycles. The topological polar surface area (TPSA) is 49.4 Å². The molecule has 0 spiro atoms. The fraction of sp³-hybridized carbons (Fsp3) is 0.400. The van der Waals surface area contributed by atoms with Crippen LogP contribution < -0.4 is 5.32 Å². The summed E-state index contributed by atoms with van der Waals surface area (Å²) < 4.78 is 0. The average Bonchev–Trinajstić information content (AvgIpc) is 3.32. The highest BCUT2D eigenvalue weighted by atomic mass is 32.1. The molecular formula is C20H24N2O2S. The van der Waals surface area contributed by atoms with Gasteiger partial charge in [0.25, 0.3) is 0 Å². The smallest absolute Gasteiger partial charge is 0.220 e. The van der Waals surface area contributed by atoms with E-state index in [2.05, 4.69) is 41.4 Å². The van der Waals surface area contributed by atoms with Crippen LogP contribution in [-0.2, 0) is 4.79 Å². The molecule has 3 rings (SSSR count). The van der Waals surface area contributed by atoms with Crippen molar-refractivity contribution in [2.24, 2.45) is 0 Å². The summed E-state index contributed by atoms with van der Waals surface area (Å²) in [5, 5.41) is 4.97. The van der Waals surface area contributed by atoms with Crippen LogP contribution in [0.15, 0.2) is 47.8 Å². The number of hydrogen-bond donors (Lipinski definition) is 1. The van der Waals surface area contributed by atoms with Crippen LogP contribution in [0.2, 0.25) is 0 Å². The van der Waals surface area contributed by atoms with Gasteiger partial charge in [-0.3, -0.25) is 14.5 Å². The van der Waals surface area contributed by atoms with Crippen molar-refractivity contribution in [3.05, 3.63) is 58.3 Å². The van der Waals surface area contributed by atoms with Gasteiger partial charge in [0, 0.05) is 38.0 Å². The molecule has 0 radical (unpaired) electrons. The van der Waals surface area contributed by atoms with Crippen LogP contribution in [0.5, 0.6) is 0 Å². The van der Waals surface area contributed by atoms with Crippen LogP contribution in [0.3, 0.4) is 0 Å². The molecule has 1 aromatic carbocycles. The first-order valence-electron chi connectivity index (χ1n) is 8.78. The quantitative estimate of drug-likeness (QED) is 0.770. The summed E-state index contributed by atoms with van der Waals surface area (Å²) in [7, 11) is 0. The van der Waals surface area contributed by atoms with Crippen molar-refractivity contribution >= 4 is 23.0 Å². The van der Waals surface area contributed by atoms with Gasteiger partial charge in [0.05, 0.1) is 4.88 Å². The van der Waals surface area contributed by atoms with Crippen molar-refractivity contribution in [1.82, 2.24) is 10.2 Å². The minimum Gasteiger partial charge on any atom is -0.352 e. The normalized spacial score (nSPS) is 18.8. The fourth-order valence-electron chi connectivity index (χ4n) is 3.29. The fourth-order valence-corrected chi connectivity index (χ4v) is 3.98. The van der Waals surface area contributed by atoms with E-state index < -0.39 is 0 Å². The van der Waals surface area contributed by atoms with Gasteiger partial charge in [0.1, 0.15) is 0 Å². The predicted molar refractivity (Wildman–Crippen MR) is 101 cm³/mol. The third-order valence-corrected chi connectivity index (χ3v) is 5.70. The standard InChI is InChI=1S/C20H24N2O2S/c1-15(16-6-3-2-4-7-16)22-12-11-17(14-22)21-20(24)10-9-18(23)19-8-5-13-25-19/h2-8,13,15,17H,9-12,14H2,1H3,(H,21,24). The molecule has 1 saturated heterocycles. The highest BCUT2D eigenvalue weighted by molar-refractivity contribution is 7.12. The number of likely N-dealkylation sites (tertiary alicyclic amines) is 1. The monoisotopic (exact) mass is 356 g/mol. The number of hydrogen-bond acceptors (Lipinski definition) is 4. The number of thiophene rings is 1. The number of nitrogens with zero attached hydrogens (tertiary/aromatic N) is 1. The van der Waals surface area contributed by atoms with E-state index >= 15 is 0 Å². The Morgan fingerprint density at radius 2 is 2.00 bits per heavy atom. The van der Waals surface area contributed by atoms with Gasteiger partial charge in [0.2, 0.25) is 5.91 Å². The second-order valence-corrected chi connectivity index (χ2v) is 7.48. The molecule has 2 unspecified atom stereocenters. The van der Waals surface area contributed by atoms with Gasteiger partial charge in [-0.1, -0.05) is 36.4 Å². The van der Waals surface area contributed by atoms with Crippen molar-refractivity contribution < 1.29 is 9.59 Å². The van der Waals surface area contributed by atoms with Crippen molar-refractivity contribution in [2.45, 2.75) is 38.3 Å². The van der Waals surface area contributed by atoms with Gasteiger partial charge < -0.3 is 5.32 Å². The number of benzene rings is 1. The molecule has 1 N–H and O–H groups in total. The van der Waals surface area contributed by atoms with Gasteiger partial charge in [-0.15, -0.1) is 11.3 Å². The maximum atomic E-state index is 12.1. The highest BCUT2D eigenvalue weighted by Crippen LogP contribution is 2.24. The van der Waals surface area contributed by atoms with Crippen LogP contribution in [0.25, 0.3) is 0 Å². The molecule has 0 aliphatic carbocycles. The minimum atomic E-state index is -0.0240. The maximum absolute atomic E-state index is 12.1. The van der Waals surface area contributed by atoms with E-state index in [0.29, 0.717) is 6.04 Å². The van der Waals surface area contributed by atoms with Gasteiger partial charge in [-0.25, -0.2) is 0 Å². The van der Waals surface area contributed by atoms with E-state index in [4.69, 9.17) is 0 Å². The number of nitrogens with one attached hydrogen (secondary N) is 1. The summed E-state index contributed by atoms with van der Waals surface area (Å²) >= 11 is 1.43. The third-order valence-electron chi connectivity index (χ3n) is 4.79. The second kappa shape index (κ2) is 8.41. The van der Waals surface area contributed by atoms with Crippen LogP contribution >= 0.6 is 11.3 Å². The SMILES string of the molecule is CC(c1ccccc1)N1CCC(NC(=O)CCC(=O)c2cccs2)C1. The van der Waals surface area contributed by atoms with E-state index in [-0.39, 0.29) is 30.6 Å². The maximum Gasteiger partial charge on any atom is 0.220 e. The first kappa shape index (κ1) is 17.8. The van der Waals surface area contributed by atoms with Crippen LogP contribution in [0.1, 0.15) is 47.5 Å². The van der Waals surface area contributed by atoms with E-state index in [1.807, 2.05) is 23.6 Å². The Morgan fingerprint density at radius 1 is 1.20 bits per heavy atom. The summed E-state index contributed by atoms with van der Waals surface area (Å²) in [6.45, 7) is 4.05. The molecule has 4 nitrogen and oxygen atoms in total. The highest BCUT2D eigenvalue weighted by Gasteiger charge is 2.27. The summed E-state index contributed by atoms with van der Waals surface area (Å²) in [6.07, 6.45) is 1.51. The lowest BCUT2D eigenvalue weighted by atomic mass is 10.1. The van der Waals surface area contributed by atoms with Crippen molar-refractivity contribution in [2.75, 3.05) is 13.1 Å². The first-order valence-corrected chi connectivity index (χ1v) is 9.66. The molecule has 0 bridgehead atoms. The first-order chi connectivity index (χ1) is 12.1. The van der Waals surface area contributed by atoms with E-state index in [9.17, 15) is 9.59 Å². The lowest BCUT2D eigenvalue weighted by molar-refractivity contribution is -0.121. The zero-order chi connectivity index (χ0) is 17.6. The van der Waals surface area contributed by atoms with Gasteiger partial charge in [-0.2, -0.15) is 0 Å². The number of carbonyl (C=O) groups excluding carboxylic acids is 2. The van der Waals surface area contributed by atoms with Gasteiger partial charge >= 0.3 is 0 Å². The molecule has 25 heavy (non-hydrogen) atoms. The summed E-state index contributed by atoms with van der Waals surface area (Å²) in [4.78, 5) is 27.2. The molecule has 5 heteroatoms. The van der Waals surface area contributed by atoms with E-state index in [0.717, 1.165) is 24.4 Å². The van der Waals surface area contributed by atoms with Crippen molar-refractivity contribution in [1.29, 1.82) is 0 Å². The third kappa shape index (κ3) is 4.77. The number of amides is 1. The van der Waals surface area contributed by atoms with E-state index in [1.54, 1.807) is 0 Å². The molecule has 2 heterocycles. The summed E-state index contributed by atoms with van der Waals surface area (Å²) in [5.74, 6) is 0.0278. The molecule has 132 valence electrons. The lowest BCUT2D eigenvalue weighted by Crippen LogP contribution is -2.37. The molecule has 0 saturated carbocycles. The van der Waals surface area contributed by atoms with Crippen molar-refractivity contribution in [3.8, 4) is 0 Å². The zero-order valence-corrected chi connectivity index (χ0v) is 15.3. The number of carbonyl (C=O) groups is 2. The molecular weight excluding hydrogens is 332 g/mol. The average molecular weight is 356 g/mol. The van der Waals surface area contributed by atoms with Crippen LogP contribution in [0, 0.1) is 0 Å². The Bertz CT molecular complexity index is 700. The molecule has 1 fully saturated rings. The van der Waals surface area contributed by atoms with Gasteiger partial charge in [-0.05, 0) is 30.4 Å². The zero-order valence-electron chi connectivity index (χ0n) is 14.5. The predicted octanol–water partition coefficient (Wildman–Crippen LogP) is 3.66. The van der Waals surface area contributed by atoms with E-state index in [1.165, 1.54) is 16.9 Å².